The van der Waals surface area contributed by atoms with Crippen molar-refractivity contribution in [1.29, 1.82) is 0 Å². The van der Waals surface area contributed by atoms with E-state index in [4.69, 9.17) is 16.3 Å². The summed E-state index contributed by atoms with van der Waals surface area (Å²) in [7, 11) is 0. The quantitative estimate of drug-likeness (QED) is 0.557. The van der Waals surface area contributed by atoms with E-state index in [1.54, 1.807) is 6.07 Å². The van der Waals surface area contributed by atoms with Gasteiger partial charge in [0.15, 0.2) is 0 Å². The van der Waals surface area contributed by atoms with Crippen molar-refractivity contribution in [2.45, 2.75) is 19.3 Å². The molecular formula is C23H27ClN4O3. The third-order valence-electron chi connectivity index (χ3n) is 5.49. The Balaban J connectivity index is 1.21. The van der Waals surface area contributed by atoms with Gasteiger partial charge in [0.05, 0.1) is 36.8 Å². The molecule has 8 heteroatoms. The second-order valence-corrected chi connectivity index (χ2v) is 8.27. The fourth-order valence-electron chi connectivity index (χ4n) is 3.82. The minimum Gasteiger partial charge on any atom is -0.389 e. The van der Waals surface area contributed by atoms with Gasteiger partial charge in [0, 0.05) is 37.7 Å². The molecule has 1 atom stereocenters. The molecule has 4 rings (SSSR count). The molecule has 31 heavy (non-hydrogen) atoms. The van der Waals surface area contributed by atoms with Crippen molar-refractivity contribution in [2.24, 2.45) is 0 Å². The number of halogens is 1. The van der Waals surface area contributed by atoms with E-state index < -0.39 is 6.10 Å². The number of benzene rings is 2. The highest BCUT2D eigenvalue weighted by molar-refractivity contribution is 6.31. The minimum absolute atomic E-state index is 0.0980. The number of aliphatic hydroxyl groups excluding tert-OH is 1. The number of aromatic amines is 1. The van der Waals surface area contributed by atoms with E-state index in [9.17, 15) is 9.90 Å². The van der Waals surface area contributed by atoms with Crippen molar-refractivity contribution in [2.75, 3.05) is 39.3 Å². The summed E-state index contributed by atoms with van der Waals surface area (Å²) in [5.41, 5.74) is 1.55. The lowest BCUT2D eigenvalue weighted by molar-refractivity contribution is 0.000736. The Hall–Kier alpha value is -2.29. The molecule has 1 aliphatic rings. The third kappa shape index (κ3) is 5.90. The standard InChI is InChI=1S/C23H27ClN4O3/c24-20-7-3-1-5-17(20)15-31-16-18(29)13-27-9-11-28(12-10-27)14-22-25-21-8-4-2-6-19(21)23(30)26-22/h1-8,18,29H,9-16H2,(H,25,26,30)/t18-/m1/s1. The predicted octanol–water partition coefficient (Wildman–Crippen LogP) is 2.27. The first kappa shape index (κ1) is 21.9. The van der Waals surface area contributed by atoms with Crippen LogP contribution >= 0.6 is 11.6 Å². The van der Waals surface area contributed by atoms with Crippen LogP contribution in [-0.2, 0) is 17.9 Å². The Morgan fingerprint density at radius 3 is 2.58 bits per heavy atom. The number of nitrogens with one attached hydrogen (secondary N) is 1. The number of β-amino-alcohol motifs (C(OH)–C–C–N with tert-alkyl or cyclic N) is 1. The van der Waals surface area contributed by atoms with Gasteiger partial charge >= 0.3 is 0 Å². The molecule has 0 amide bonds. The molecule has 0 spiro atoms. The van der Waals surface area contributed by atoms with E-state index in [0.717, 1.165) is 37.3 Å². The highest BCUT2D eigenvalue weighted by Gasteiger charge is 2.20. The lowest BCUT2D eigenvalue weighted by atomic mass is 10.2. The molecule has 0 saturated carbocycles. The van der Waals surface area contributed by atoms with Crippen LogP contribution < -0.4 is 5.56 Å². The molecule has 0 unspecified atom stereocenters. The van der Waals surface area contributed by atoms with Crippen LogP contribution in [0.15, 0.2) is 53.3 Å². The van der Waals surface area contributed by atoms with E-state index in [2.05, 4.69) is 19.8 Å². The van der Waals surface area contributed by atoms with E-state index in [-0.39, 0.29) is 12.2 Å². The van der Waals surface area contributed by atoms with E-state index in [1.807, 2.05) is 42.5 Å². The Morgan fingerprint density at radius 2 is 1.77 bits per heavy atom. The van der Waals surface area contributed by atoms with Crippen LogP contribution in [0.25, 0.3) is 10.9 Å². The summed E-state index contributed by atoms with van der Waals surface area (Å²) in [5, 5.41) is 11.6. The highest BCUT2D eigenvalue weighted by atomic mass is 35.5. The second-order valence-electron chi connectivity index (χ2n) is 7.87. The van der Waals surface area contributed by atoms with Gasteiger partial charge in [0.2, 0.25) is 0 Å². The minimum atomic E-state index is -0.549. The SMILES string of the molecule is O=c1[nH]c(CN2CCN(C[C@@H](O)COCc3ccccc3Cl)CC2)nc2ccccc12. The number of nitrogens with zero attached hydrogens (tertiary/aromatic N) is 3. The summed E-state index contributed by atoms with van der Waals surface area (Å²) in [6, 6.07) is 14.9. The molecule has 0 aliphatic carbocycles. The molecule has 3 aromatic rings. The zero-order chi connectivity index (χ0) is 21.6. The average molecular weight is 443 g/mol. The summed E-state index contributed by atoms with van der Waals surface area (Å²) >= 11 is 6.12. The summed E-state index contributed by atoms with van der Waals surface area (Å²) in [5.74, 6) is 0.685. The molecule has 164 valence electrons. The number of H-pyrrole nitrogens is 1. The number of ether oxygens (including phenoxy) is 1. The van der Waals surface area contributed by atoms with Gasteiger partial charge in [-0.1, -0.05) is 41.9 Å². The number of rotatable bonds is 8. The fraction of sp³-hybridized carbons (Fsp3) is 0.391. The van der Waals surface area contributed by atoms with Crippen LogP contribution in [0.4, 0.5) is 0 Å². The van der Waals surface area contributed by atoms with Crippen LogP contribution in [0.5, 0.6) is 0 Å². The number of fused-ring (bicyclic) bond motifs is 1. The van der Waals surface area contributed by atoms with Gasteiger partial charge in [-0.3, -0.25) is 14.6 Å². The van der Waals surface area contributed by atoms with E-state index in [0.29, 0.717) is 35.9 Å². The average Bonchev–Trinajstić information content (AvgIpc) is 2.76. The van der Waals surface area contributed by atoms with Gasteiger partial charge in [-0.15, -0.1) is 0 Å². The highest BCUT2D eigenvalue weighted by Crippen LogP contribution is 2.16. The van der Waals surface area contributed by atoms with Crippen molar-refractivity contribution in [3.05, 3.63) is 75.3 Å². The van der Waals surface area contributed by atoms with Crippen LogP contribution in [0.3, 0.4) is 0 Å². The van der Waals surface area contributed by atoms with Gasteiger partial charge in [0.1, 0.15) is 5.82 Å². The van der Waals surface area contributed by atoms with Crippen molar-refractivity contribution in [3.8, 4) is 0 Å². The maximum atomic E-state index is 12.2. The lowest BCUT2D eigenvalue weighted by Crippen LogP contribution is -2.48. The summed E-state index contributed by atoms with van der Waals surface area (Å²) in [6.07, 6.45) is -0.549. The van der Waals surface area contributed by atoms with Crippen molar-refractivity contribution < 1.29 is 9.84 Å². The molecule has 1 aliphatic heterocycles. The normalized spacial score (nSPS) is 16.6. The number of aliphatic hydroxyl groups is 1. The largest absolute Gasteiger partial charge is 0.389 e. The number of para-hydroxylation sites is 1. The number of piperazine rings is 1. The Morgan fingerprint density at radius 1 is 1.06 bits per heavy atom. The Labute approximate surface area is 186 Å². The molecule has 1 saturated heterocycles. The maximum Gasteiger partial charge on any atom is 0.258 e. The van der Waals surface area contributed by atoms with Gasteiger partial charge in [-0.2, -0.15) is 0 Å². The molecule has 2 heterocycles. The number of hydrogen-bond acceptors (Lipinski definition) is 6. The van der Waals surface area contributed by atoms with E-state index >= 15 is 0 Å². The summed E-state index contributed by atoms with van der Waals surface area (Å²) < 4.78 is 5.64. The first-order valence-corrected chi connectivity index (χ1v) is 10.9. The molecule has 2 aromatic carbocycles. The third-order valence-corrected chi connectivity index (χ3v) is 5.86. The van der Waals surface area contributed by atoms with Crippen LogP contribution in [0.1, 0.15) is 11.4 Å². The zero-order valence-electron chi connectivity index (χ0n) is 17.3. The molecular weight excluding hydrogens is 416 g/mol. The van der Waals surface area contributed by atoms with E-state index in [1.165, 1.54) is 0 Å². The molecule has 1 fully saturated rings. The summed E-state index contributed by atoms with van der Waals surface area (Å²) in [4.78, 5) is 24.2. The first-order valence-electron chi connectivity index (χ1n) is 10.5. The fourth-order valence-corrected chi connectivity index (χ4v) is 4.01. The second kappa shape index (κ2) is 10.3. The van der Waals surface area contributed by atoms with Gasteiger partial charge in [-0.25, -0.2) is 4.98 Å². The van der Waals surface area contributed by atoms with Crippen LogP contribution in [-0.4, -0.2) is 70.3 Å². The Bertz CT molecular complexity index is 1070. The van der Waals surface area contributed by atoms with Gasteiger partial charge in [-0.05, 0) is 23.8 Å². The van der Waals surface area contributed by atoms with Crippen molar-refractivity contribution in [1.82, 2.24) is 19.8 Å². The predicted molar refractivity (Wildman–Crippen MR) is 121 cm³/mol. The number of aromatic nitrogens is 2. The molecule has 2 N–H and O–H groups in total. The zero-order valence-corrected chi connectivity index (χ0v) is 18.1. The van der Waals surface area contributed by atoms with Gasteiger partial charge in [0.25, 0.3) is 5.56 Å². The monoisotopic (exact) mass is 442 g/mol. The lowest BCUT2D eigenvalue weighted by Gasteiger charge is -2.35. The first-order chi connectivity index (χ1) is 15.1. The maximum absolute atomic E-state index is 12.2. The number of hydrogen-bond donors (Lipinski definition) is 2. The van der Waals surface area contributed by atoms with Crippen LogP contribution in [0.2, 0.25) is 5.02 Å². The van der Waals surface area contributed by atoms with Crippen molar-refractivity contribution in [3.63, 3.8) is 0 Å². The van der Waals surface area contributed by atoms with Gasteiger partial charge < -0.3 is 14.8 Å². The summed E-state index contributed by atoms with van der Waals surface area (Å²) in [6.45, 7) is 5.24. The van der Waals surface area contributed by atoms with Crippen LogP contribution in [0, 0.1) is 0 Å². The van der Waals surface area contributed by atoms with Crippen molar-refractivity contribution >= 4 is 22.5 Å². The molecule has 7 nitrogen and oxygen atoms in total. The molecule has 1 aromatic heterocycles. The smallest absolute Gasteiger partial charge is 0.258 e. The molecule has 0 radical (unpaired) electrons. The topological polar surface area (TPSA) is 81.7 Å². The Kier molecular flexibility index (Phi) is 7.32. The molecule has 0 bridgehead atoms.